The lowest BCUT2D eigenvalue weighted by atomic mass is 10.3. The van der Waals surface area contributed by atoms with Crippen LogP contribution in [0.5, 0.6) is 0 Å². The molecule has 2 aromatic rings. The summed E-state index contributed by atoms with van der Waals surface area (Å²) in [7, 11) is 0. The number of nitrogens with zero attached hydrogens (tertiary/aromatic N) is 1. The fourth-order valence-electron chi connectivity index (χ4n) is 1.60. The van der Waals surface area contributed by atoms with Crippen LogP contribution in [-0.2, 0) is 17.9 Å². The van der Waals surface area contributed by atoms with Gasteiger partial charge in [-0.25, -0.2) is 0 Å². The number of hydrogen-bond acceptors (Lipinski definition) is 4. The Balaban J connectivity index is 1.87. The van der Waals surface area contributed by atoms with E-state index in [-0.39, 0.29) is 5.91 Å². The summed E-state index contributed by atoms with van der Waals surface area (Å²) in [6.45, 7) is 3.03. The molecule has 0 fully saturated rings. The minimum Gasteiger partial charge on any atom is -0.325 e. The average Bonchev–Trinajstić information content (AvgIpc) is 2.77. The van der Waals surface area contributed by atoms with E-state index in [1.807, 2.05) is 29.8 Å². The first-order valence-electron chi connectivity index (χ1n) is 5.69. The van der Waals surface area contributed by atoms with E-state index < -0.39 is 0 Å². The number of carbonyl (C=O) groups excluding carboxylic acids is 1. The Labute approximate surface area is 110 Å². The van der Waals surface area contributed by atoms with E-state index in [1.54, 1.807) is 17.5 Å². The van der Waals surface area contributed by atoms with E-state index in [0.29, 0.717) is 0 Å². The van der Waals surface area contributed by atoms with Crippen LogP contribution in [0.3, 0.4) is 0 Å². The number of pyridine rings is 1. The molecule has 5 heteroatoms. The summed E-state index contributed by atoms with van der Waals surface area (Å²) < 4.78 is 0. The summed E-state index contributed by atoms with van der Waals surface area (Å²) >= 11 is 1.63. The number of carbonyl (C=O) groups is 1. The van der Waals surface area contributed by atoms with Gasteiger partial charge in [0.1, 0.15) is 0 Å². The SMILES string of the molecule is CC(=O)Nc1ccsc1CNCc1cccnc1. The van der Waals surface area contributed by atoms with Crippen LogP contribution in [0.1, 0.15) is 17.4 Å². The van der Waals surface area contributed by atoms with Crippen molar-refractivity contribution in [3.8, 4) is 0 Å². The molecule has 0 aliphatic rings. The minimum absolute atomic E-state index is 0.0399. The summed E-state index contributed by atoms with van der Waals surface area (Å²) in [6.07, 6.45) is 3.60. The Morgan fingerprint density at radius 3 is 3.00 bits per heavy atom. The van der Waals surface area contributed by atoms with Crippen LogP contribution >= 0.6 is 11.3 Å². The molecule has 2 N–H and O–H groups in total. The van der Waals surface area contributed by atoms with Crippen LogP contribution < -0.4 is 10.6 Å². The molecule has 0 saturated heterocycles. The molecule has 0 atom stereocenters. The van der Waals surface area contributed by atoms with E-state index in [1.165, 1.54) is 6.92 Å². The normalized spacial score (nSPS) is 10.3. The molecule has 0 aromatic carbocycles. The molecule has 0 radical (unpaired) electrons. The average molecular weight is 261 g/mol. The molecule has 2 aromatic heterocycles. The van der Waals surface area contributed by atoms with Crippen LogP contribution in [-0.4, -0.2) is 10.9 Å². The van der Waals surface area contributed by atoms with Crippen LogP contribution in [0.4, 0.5) is 5.69 Å². The first kappa shape index (κ1) is 12.7. The second kappa shape index (κ2) is 6.28. The lowest BCUT2D eigenvalue weighted by molar-refractivity contribution is -0.114. The fraction of sp³-hybridized carbons (Fsp3) is 0.231. The Hall–Kier alpha value is -1.72. The van der Waals surface area contributed by atoms with Crippen molar-refractivity contribution in [3.05, 3.63) is 46.4 Å². The highest BCUT2D eigenvalue weighted by Crippen LogP contribution is 2.22. The van der Waals surface area contributed by atoms with Gasteiger partial charge in [-0.15, -0.1) is 11.3 Å². The standard InChI is InChI=1S/C13H15N3OS/c1-10(17)16-12-4-6-18-13(12)9-15-8-11-3-2-5-14-7-11/h2-7,15H,8-9H2,1H3,(H,16,17). The number of anilines is 1. The minimum atomic E-state index is -0.0399. The van der Waals surface area contributed by atoms with Crippen molar-refractivity contribution in [1.29, 1.82) is 0 Å². The number of rotatable bonds is 5. The zero-order valence-electron chi connectivity index (χ0n) is 10.1. The third-order valence-corrected chi connectivity index (χ3v) is 3.31. The molecule has 0 unspecified atom stereocenters. The lowest BCUT2D eigenvalue weighted by Gasteiger charge is -2.06. The van der Waals surface area contributed by atoms with Crippen LogP contribution in [0.25, 0.3) is 0 Å². The van der Waals surface area contributed by atoms with Gasteiger partial charge in [0.2, 0.25) is 5.91 Å². The fourth-order valence-corrected chi connectivity index (χ4v) is 2.40. The number of aromatic nitrogens is 1. The first-order valence-corrected chi connectivity index (χ1v) is 6.57. The zero-order valence-corrected chi connectivity index (χ0v) is 11.0. The molecule has 0 aliphatic heterocycles. The Kier molecular flexibility index (Phi) is 4.44. The van der Waals surface area contributed by atoms with E-state index in [2.05, 4.69) is 15.6 Å². The third kappa shape index (κ3) is 3.65. The number of thiophene rings is 1. The summed E-state index contributed by atoms with van der Waals surface area (Å²) in [4.78, 5) is 16.2. The Morgan fingerprint density at radius 2 is 2.28 bits per heavy atom. The molecule has 18 heavy (non-hydrogen) atoms. The zero-order chi connectivity index (χ0) is 12.8. The molecule has 2 rings (SSSR count). The van der Waals surface area contributed by atoms with Gasteiger partial charge >= 0.3 is 0 Å². The van der Waals surface area contributed by atoms with Gasteiger partial charge in [-0.3, -0.25) is 9.78 Å². The van der Waals surface area contributed by atoms with Crippen LogP contribution in [0.2, 0.25) is 0 Å². The summed E-state index contributed by atoms with van der Waals surface area (Å²) in [5.41, 5.74) is 2.04. The quantitative estimate of drug-likeness (QED) is 0.869. The molecule has 2 heterocycles. The number of amides is 1. The van der Waals surface area contributed by atoms with Crippen molar-refractivity contribution in [3.63, 3.8) is 0 Å². The predicted molar refractivity (Wildman–Crippen MR) is 73.4 cm³/mol. The van der Waals surface area contributed by atoms with Crippen molar-refractivity contribution in [2.24, 2.45) is 0 Å². The van der Waals surface area contributed by atoms with Crippen molar-refractivity contribution in [1.82, 2.24) is 10.3 Å². The smallest absolute Gasteiger partial charge is 0.221 e. The Morgan fingerprint density at radius 1 is 1.39 bits per heavy atom. The molecular weight excluding hydrogens is 246 g/mol. The monoisotopic (exact) mass is 261 g/mol. The molecule has 4 nitrogen and oxygen atoms in total. The van der Waals surface area contributed by atoms with Gasteiger partial charge in [-0.2, -0.15) is 0 Å². The molecule has 1 amide bonds. The van der Waals surface area contributed by atoms with Gasteiger partial charge in [-0.1, -0.05) is 6.07 Å². The van der Waals surface area contributed by atoms with Crippen LogP contribution in [0.15, 0.2) is 36.0 Å². The summed E-state index contributed by atoms with van der Waals surface area (Å²) in [6, 6.07) is 5.88. The summed E-state index contributed by atoms with van der Waals surface area (Å²) in [5.74, 6) is -0.0399. The molecule has 0 aliphatic carbocycles. The number of hydrogen-bond donors (Lipinski definition) is 2. The van der Waals surface area contributed by atoms with Crippen LogP contribution in [0, 0.1) is 0 Å². The van der Waals surface area contributed by atoms with Gasteiger partial charge in [0.25, 0.3) is 0 Å². The van der Waals surface area contributed by atoms with E-state index in [9.17, 15) is 4.79 Å². The Bertz CT molecular complexity index is 510. The third-order valence-electron chi connectivity index (χ3n) is 2.39. The molecule has 94 valence electrons. The van der Waals surface area contributed by atoms with E-state index in [0.717, 1.165) is 29.2 Å². The predicted octanol–water partition coefficient (Wildman–Crippen LogP) is 2.39. The highest BCUT2D eigenvalue weighted by Gasteiger charge is 2.05. The van der Waals surface area contributed by atoms with Gasteiger partial charge in [-0.05, 0) is 23.1 Å². The maximum Gasteiger partial charge on any atom is 0.221 e. The summed E-state index contributed by atoms with van der Waals surface area (Å²) in [5, 5.41) is 8.14. The van der Waals surface area contributed by atoms with E-state index >= 15 is 0 Å². The highest BCUT2D eigenvalue weighted by molar-refractivity contribution is 7.10. The van der Waals surface area contributed by atoms with Gasteiger partial charge in [0.05, 0.1) is 5.69 Å². The van der Waals surface area contributed by atoms with Gasteiger partial charge < -0.3 is 10.6 Å². The topological polar surface area (TPSA) is 54.0 Å². The van der Waals surface area contributed by atoms with Crippen molar-refractivity contribution >= 4 is 22.9 Å². The maximum atomic E-state index is 11.0. The van der Waals surface area contributed by atoms with Crippen molar-refractivity contribution < 1.29 is 4.79 Å². The molecular formula is C13H15N3OS. The maximum absolute atomic E-state index is 11.0. The first-order chi connectivity index (χ1) is 8.75. The molecule has 0 bridgehead atoms. The van der Waals surface area contributed by atoms with Gasteiger partial charge in [0.15, 0.2) is 0 Å². The highest BCUT2D eigenvalue weighted by atomic mass is 32.1. The van der Waals surface area contributed by atoms with Crippen molar-refractivity contribution in [2.75, 3.05) is 5.32 Å². The van der Waals surface area contributed by atoms with Crippen molar-refractivity contribution in [2.45, 2.75) is 20.0 Å². The van der Waals surface area contributed by atoms with E-state index in [4.69, 9.17) is 0 Å². The molecule has 0 saturated carbocycles. The lowest BCUT2D eigenvalue weighted by Crippen LogP contribution is -2.14. The number of nitrogens with one attached hydrogen (secondary N) is 2. The second-order valence-corrected chi connectivity index (χ2v) is 4.90. The second-order valence-electron chi connectivity index (χ2n) is 3.90. The van der Waals surface area contributed by atoms with Gasteiger partial charge in [0, 0.05) is 37.3 Å². The largest absolute Gasteiger partial charge is 0.325 e. The molecule has 0 spiro atoms.